The Morgan fingerprint density at radius 2 is 1.83 bits per heavy atom. The number of carbonyl (C=O) groups is 1. The van der Waals surface area contributed by atoms with Crippen LogP contribution in [0.1, 0.15) is 40.6 Å². The zero-order chi connectivity index (χ0) is 24.2. The molecule has 184 valence electrons. The Morgan fingerprint density at radius 1 is 1.06 bits per heavy atom. The molecule has 3 heterocycles. The maximum absolute atomic E-state index is 13.2. The zero-order valence-corrected chi connectivity index (χ0v) is 20.6. The molecule has 35 heavy (non-hydrogen) atoms. The number of anilines is 1. The SMILES string of the molecule is C=CCOC(CN1CCN(C(=O)c2oc3ccccc3c2C)CC1)c1cccc(N2CCCC2)c1. The average molecular weight is 474 g/mol. The third-order valence-corrected chi connectivity index (χ3v) is 7.25. The summed E-state index contributed by atoms with van der Waals surface area (Å²) < 4.78 is 12.1. The van der Waals surface area contributed by atoms with Gasteiger partial charge in [-0.1, -0.05) is 36.4 Å². The number of ether oxygens (including phenoxy) is 1. The van der Waals surface area contributed by atoms with E-state index in [1.807, 2.05) is 42.2 Å². The van der Waals surface area contributed by atoms with Crippen molar-refractivity contribution in [3.63, 3.8) is 0 Å². The quantitative estimate of drug-likeness (QED) is 0.429. The van der Waals surface area contributed by atoms with Gasteiger partial charge in [0.1, 0.15) is 5.58 Å². The van der Waals surface area contributed by atoms with Crippen LogP contribution in [-0.2, 0) is 4.74 Å². The van der Waals surface area contributed by atoms with Gasteiger partial charge in [0.05, 0.1) is 12.7 Å². The first-order valence-electron chi connectivity index (χ1n) is 12.7. The van der Waals surface area contributed by atoms with Crippen molar-refractivity contribution < 1.29 is 13.9 Å². The average Bonchev–Trinajstić information content (AvgIpc) is 3.55. The molecule has 0 aliphatic carbocycles. The fourth-order valence-electron chi connectivity index (χ4n) is 5.23. The lowest BCUT2D eigenvalue weighted by atomic mass is 10.1. The summed E-state index contributed by atoms with van der Waals surface area (Å²) in [6.45, 7) is 12.3. The van der Waals surface area contributed by atoms with Crippen molar-refractivity contribution in [2.24, 2.45) is 0 Å². The smallest absolute Gasteiger partial charge is 0.289 e. The van der Waals surface area contributed by atoms with E-state index in [0.29, 0.717) is 25.5 Å². The fraction of sp³-hybridized carbons (Fsp3) is 0.414. The normalized spacial score (nSPS) is 17.7. The summed E-state index contributed by atoms with van der Waals surface area (Å²) in [6, 6.07) is 16.6. The van der Waals surface area contributed by atoms with Crippen LogP contribution < -0.4 is 4.90 Å². The molecule has 0 spiro atoms. The highest BCUT2D eigenvalue weighted by atomic mass is 16.5. The fourth-order valence-corrected chi connectivity index (χ4v) is 5.23. The highest BCUT2D eigenvalue weighted by molar-refractivity contribution is 5.99. The molecule has 2 saturated heterocycles. The van der Waals surface area contributed by atoms with Crippen LogP contribution in [-0.4, -0.2) is 68.1 Å². The van der Waals surface area contributed by atoms with Crippen molar-refractivity contribution in [1.82, 2.24) is 9.80 Å². The standard InChI is InChI=1S/C29H35N3O3/c1-3-19-34-27(23-9-8-10-24(20-23)31-13-6-7-14-31)21-30-15-17-32(18-16-30)29(33)28-22(2)25-11-4-5-12-26(25)35-28/h3-5,8-12,20,27H,1,6-7,13-19,21H2,2H3. The molecule has 2 fully saturated rings. The lowest BCUT2D eigenvalue weighted by Crippen LogP contribution is -2.49. The van der Waals surface area contributed by atoms with E-state index in [0.717, 1.165) is 49.3 Å². The molecule has 0 N–H and O–H groups in total. The van der Waals surface area contributed by atoms with Crippen LogP contribution in [0.3, 0.4) is 0 Å². The highest BCUT2D eigenvalue weighted by Crippen LogP contribution is 2.28. The summed E-state index contributed by atoms with van der Waals surface area (Å²) in [5.41, 5.74) is 4.17. The van der Waals surface area contributed by atoms with Gasteiger partial charge in [0.15, 0.2) is 5.76 Å². The summed E-state index contributed by atoms with van der Waals surface area (Å²) in [5, 5.41) is 1.01. The predicted octanol–water partition coefficient (Wildman–Crippen LogP) is 5.04. The summed E-state index contributed by atoms with van der Waals surface area (Å²) in [6.07, 6.45) is 4.30. The molecule has 5 rings (SSSR count). The second-order valence-corrected chi connectivity index (χ2v) is 9.54. The van der Waals surface area contributed by atoms with Gasteiger partial charge in [0.25, 0.3) is 5.91 Å². The van der Waals surface area contributed by atoms with Gasteiger partial charge in [0, 0.05) is 62.5 Å². The molecule has 0 saturated carbocycles. The first-order valence-corrected chi connectivity index (χ1v) is 12.7. The van der Waals surface area contributed by atoms with Gasteiger partial charge >= 0.3 is 0 Å². The van der Waals surface area contributed by atoms with E-state index in [2.05, 4.69) is 40.6 Å². The largest absolute Gasteiger partial charge is 0.451 e. The van der Waals surface area contributed by atoms with Gasteiger partial charge in [-0.15, -0.1) is 6.58 Å². The van der Waals surface area contributed by atoms with E-state index >= 15 is 0 Å². The third-order valence-electron chi connectivity index (χ3n) is 7.25. The maximum Gasteiger partial charge on any atom is 0.289 e. The molecular weight excluding hydrogens is 438 g/mol. The van der Waals surface area contributed by atoms with Crippen molar-refractivity contribution in [2.45, 2.75) is 25.9 Å². The number of amides is 1. The minimum absolute atomic E-state index is 0.0175. The molecule has 2 aliphatic rings. The molecular formula is C29H35N3O3. The Labute approximate surface area is 207 Å². The molecule has 1 aromatic heterocycles. The van der Waals surface area contributed by atoms with Crippen molar-refractivity contribution in [1.29, 1.82) is 0 Å². The van der Waals surface area contributed by atoms with Gasteiger partial charge in [-0.2, -0.15) is 0 Å². The highest BCUT2D eigenvalue weighted by Gasteiger charge is 2.28. The van der Waals surface area contributed by atoms with Crippen molar-refractivity contribution in [2.75, 3.05) is 57.3 Å². The molecule has 3 aromatic rings. The van der Waals surface area contributed by atoms with Crippen molar-refractivity contribution in [3.8, 4) is 0 Å². The number of carbonyl (C=O) groups excluding carboxylic acids is 1. The van der Waals surface area contributed by atoms with Crippen LogP contribution in [0.2, 0.25) is 0 Å². The molecule has 6 heteroatoms. The van der Waals surface area contributed by atoms with Gasteiger partial charge in [-0.05, 0) is 43.5 Å². The van der Waals surface area contributed by atoms with Crippen LogP contribution in [0.15, 0.2) is 65.6 Å². The number of aryl methyl sites for hydroxylation is 1. The topological polar surface area (TPSA) is 49.2 Å². The third kappa shape index (κ3) is 5.14. The monoisotopic (exact) mass is 473 g/mol. The van der Waals surface area contributed by atoms with Crippen LogP contribution >= 0.6 is 0 Å². The van der Waals surface area contributed by atoms with Crippen LogP contribution in [0.4, 0.5) is 5.69 Å². The summed E-state index contributed by atoms with van der Waals surface area (Å²) >= 11 is 0. The number of fused-ring (bicyclic) bond motifs is 1. The summed E-state index contributed by atoms with van der Waals surface area (Å²) in [5.74, 6) is 0.446. The predicted molar refractivity (Wildman–Crippen MR) is 140 cm³/mol. The van der Waals surface area contributed by atoms with Gasteiger partial charge in [-0.25, -0.2) is 0 Å². The Bertz CT molecular complexity index is 1170. The number of para-hydroxylation sites is 1. The Hall–Kier alpha value is -3.09. The van der Waals surface area contributed by atoms with E-state index in [4.69, 9.17) is 9.15 Å². The minimum atomic E-state index is -0.0320. The summed E-state index contributed by atoms with van der Waals surface area (Å²) in [7, 11) is 0. The van der Waals surface area contributed by atoms with E-state index in [1.165, 1.54) is 24.1 Å². The molecule has 2 aliphatic heterocycles. The first kappa shape index (κ1) is 23.6. The first-order chi connectivity index (χ1) is 17.1. The van der Waals surface area contributed by atoms with E-state index in [-0.39, 0.29) is 12.0 Å². The Morgan fingerprint density at radius 3 is 2.57 bits per heavy atom. The number of hydrogen-bond donors (Lipinski definition) is 0. The maximum atomic E-state index is 13.2. The molecule has 1 unspecified atom stereocenters. The molecule has 2 aromatic carbocycles. The molecule has 1 atom stereocenters. The molecule has 0 bridgehead atoms. The van der Waals surface area contributed by atoms with Gasteiger partial charge in [0.2, 0.25) is 0 Å². The second-order valence-electron chi connectivity index (χ2n) is 9.54. The number of rotatable bonds is 8. The Balaban J connectivity index is 1.23. The lowest BCUT2D eigenvalue weighted by Gasteiger charge is -2.36. The van der Waals surface area contributed by atoms with Crippen LogP contribution in [0.5, 0.6) is 0 Å². The van der Waals surface area contributed by atoms with E-state index in [1.54, 1.807) is 0 Å². The number of furan rings is 1. The summed E-state index contributed by atoms with van der Waals surface area (Å²) in [4.78, 5) is 20.0. The van der Waals surface area contributed by atoms with Crippen molar-refractivity contribution >= 4 is 22.6 Å². The van der Waals surface area contributed by atoms with Crippen LogP contribution in [0.25, 0.3) is 11.0 Å². The lowest BCUT2D eigenvalue weighted by molar-refractivity contribution is 0.0238. The van der Waals surface area contributed by atoms with Gasteiger partial charge < -0.3 is 19.0 Å². The van der Waals surface area contributed by atoms with E-state index < -0.39 is 0 Å². The number of hydrogen-bond acceptors (Lipinski definition) is 5. The molecule has 0 radical (unpaired) electrons. The Kier molecular flexibility index (Phi) is 7.21. The van der Waals surface area contributed by atoms with Gasteiger partial charge in [-0.3, -0.25) is 9.69 Å². The molecule has 1 amide bonds. The number of piperazine rings is 1. The molecule has 6 nitrogen and oxygen atoms in total. The number of benzene rings is 2. The van der Waals surface area contributed by atoms with Crippen LogP contribution in [0, 0.1) is 6.92 Å². The number of nitrogens with zero attached hydrogens (tertiary/aromatic N) is 3. The second kappa shape index (κ2) is 10.7. The van der Waals surface area contributed by atoms with E-state index in [9.17, 15) is 4.79 Å². The zero-order valence-electron chi connectivity index (χ0n) is 20.6. The minimum Gasteiger partial charge on any atom is -0.451 e. The van der Waals surface area contributed by atoms with Crippen molar-refractivity contribution in [3.05, 3.63) is 78.1 Å².